The third-order valence-corrected chi connectivity index (χ3v) is 2.73. The average molecular weight is 235 g/mol. The molecule has 1 aromatic rings. The molecule has 1 amide bonds. The van der Waals surface area contributed by atoms with Crippen LogP contribution in [0.15, 0.2) is 18.2 Å². The summed E-state index contributed by atoms with van der Waals surface area (Å²) in [5, 5.41) is 11.3. The molecule has 3 nitrogen and oxygen atoms in total. The van der Waals surface area contributed by atoms with Crippen LogP contribution in [0.3, 0.4) is 0 Å². The van der Waals surface area contributed by atoms with E-state index in [1.807, 2.05) is 25.1 Å². The molecule has 1 rings (SSSR count). The number of carbonyl (C=O) groups excluding carboxylic acids is 1. The molecular weight excluding hydrogens is 214 g/mol. The molecule has 3 heteroatoms. The maximum Gasteiger partial charge on any atom is 0.251 e. The Morgan fingerprint density at radius 1 is 1.35 bits per heavy atom. The summed E-state index contributed by atoms with van der Waals surface area (Å²) in [4.78, 5) is 11.8. The van der Waals surface area contributed by atoms with Crippen molar-refractivity contribution in [2.75, 3.05) is 13.2 Å². The standard InChI is InChI=1S/C14H21NO2/c1-10-9-11(14(2,3)4)5-6-12(10)13(17)15-7-8-16/h5-6,9,16H,7-8H2,1-4H3,(H,15,17). The van der Waals surface area contributed by atoms with Crippen LogP contribution in [0.1, 0.15) is 42.3 Å². The average Bonchev–Trinajstić information content (AvgIpc) is 2.24. The number of hydrogen-bond donors (Lipinski definition) is 2. The molecule has 0 saturated carbocycles. The lowest BCUT2D eigenvalue weighted by molar-refractivity contribution is 0.0944. The van der Waals surface area contributed by atoms with Gasteiger partial charge in [0, 0.05) is 12.1 Å². The Bertz CT molecular complexity index is 405. The van der Waals surface area contributed by atoms with E-state index in [2.05, 4.69) is 26.1 Å². The molecule has 17 heavy (non-hydrogen) atoms. The molecule has 0 heterocycles. The quantitative estimate of drug-likeness (QED) is 0.842. The first-order valence-electron chi connectivity index (χ1n) is 5.86. The van der Waals surface area contributed by atoms with Crippen molar-refractivity contribution in [2.45, 2.75) is 33.1 Å². The van der Waals surface area contributed by atoms with E-state index in [1.165, 1.54) is 5.56 Å². The largest absolute Gasteiger partial charge is 0.395 e. The minimum Gasteiger partial charge on any atom is -0.395 e. The van der Waals surface area contributed by atoms with E-state index in [1.54, 1.807) is 0 Å². The van der Waals surface area contributed by atoms with E-state index < -0.39 is 0 Å². The number of nitrogens with one attached hydrogen (secondary N) is 1. The number of carbonyl (C=O) groups is 1. The number of rotatable bonds is 3. The van der Waals surface area contributed by atoms with Crippen molar-refractivity contribution in [1.82, 2.24) is 5.32 Å². The number of amides is 1. The Labute approximate surface area is 103 Å². The zero-order chi connectivity index (χ0) is 13.1. The maximum atomic E-state index is 11.8. The second kappa shape index (κ2) is 5.32. The zero-order valence-corrected chi connectivity index (χ0v) is 11.0. The molecule has 0 unspecified atom stereocenters. The summed E-state index contributed by atoms with van der Waals surface area (Å²) >= 11 is 0. The number of aliphatic hydroxyl groups is 1. The zero-order valence-electron chi connectivity index (χ0n) is 11.0. The normalized spacial score (nSPS) is 11.4. The molecule has 0 fully saturated rings. The van der Waals surface area contributed by atoms with Crippen molar-refractivity contribution < 1.29 is 9.90 Å². The van der Waals surface area contributed by atoms with Gasteiger partial charge < -0.3 is 10.4 Å². The highest BCUT2D eigenvalue weighted by Gasteiger charge is 2.16. The minimum atomic E-state index is -0.128. The second-order valence-corrected chi connectivity index (χ2v) is 5.26. The Balaban J connectivity index is 2.94. The van der Waals surface area contributed by atoms with Crippen LogP contribution in [0.5, 0.6) is 0 Å². The minimum absolute atomic E-state index is 0.0368. The molecule has 0 spiro atoms. The fraction of sp³-hybridized carbons (Fsp3) is 0.500. The van der Waals surface area contributed by atoms with Gasteiger partial charge in [0.2, 0.25) is 0 Å². The van der Waals surface area contributed by atoms with E-state index in [-0.39, 0.29) is 17.9 Å². The summed E-state index contributed by atoms with van der Waals surface area (Å²) in [5.41, 5.74) is 2.94. The van der Waals surface area contributed by atoms with Gasteiger partial charge in [-0.2, -0.15) is 0 Å². The van der Waals surface area contributed by atoms with E-state index in [4.69, 9.17) is 5.11 Å². The molecule has 0 radical (unpaired) electrons. The molecule has 0 atom stereocenters. The van der Waals surface area contributed by atoms with Crippen molar-refractivity contribution in [3.8, 4) is 0 Å². The third-order valence-electron chi connectivity index (χ3n) is 2.73. The van der Waals surface area contributed by atoms with Gasteiger partial charge >= 0.3 is 0 Å². The van der Waals surface area contributed by atoms with Crippen LogP contribution >= 0.6 is 0 Å². The number of hydrogen-bond acceptors (Lipinski definition) is 2. The van der Waals surface area contributed by atoms with Crippen molar-refractivity contribution in [3.63, 3.8) is 0 Å². The van der Waals surface area contributed by atoms with Gasteiger partial charge in [-0.3, -0.25) is 4.79 Å². The fourth-order valence-corrected chi connectivity index (χ4v) is 1.65. The lowest BCUT2D eigenvalue weighted by Gasteiger charge is -2.20. The lowest BCUT2D eigenvalue weighted by atomic mass is 9.85. The Morgan fingerprint density at radius 2 is 2.00 bits per heavy atom. The van der Waals surface area contributed by atoms with Crippen LogP contribution in [-0.2, 0) is 5.41 Å². The monoisotopic (exact) mass is 235 g/mol. The Kier molecular flexibility index (Phi) is 4.29. The predicted molar refractivity (Wildman–Crippen MR) is 69.3 cm³/mol. The van der Waals surface area contributed by atoms with E-state index in [0.717, 1.165) is 5.56 Å². The van der Waals surface area contributed by atoms with Crippen molar-refractivity contribution in [3.05, 3.63) is 34.9 Å². The Morgan fingerprint density at radius 3 is 2.47 bits per heavy atom. The molecule has 1 aromatic carbocycles. The van der Waals surface area contributed by atoms with Crippen LogP contribution < -0.4 is 5.32 Å². The van der Waals surface area contributed by atoms with E-state index >= 15 is 0 Å². The van der Waals surface area contributed by atoms with Gasteiger partial charge in [0.1, 0.15) is 0 Å². The number of aryl methyl sites for hydroxylation is 1. The van der Waals surface area contributed by atoms with Gasteiger partial charge in [0.05, 0.1) is 6.61 Å². The molecule has 0 saturated heterocycles. The first-order valence-corrected chi connectivity index (χ1v) is 5.86. The topological polar surface area (TPSA) is 49.3 Å². The predicted octanol–water partition coefficient (Wildman–Crippen LogP) is 2.01. The van der Waals surface area contributed by atoms with E-state index in [0.29, 0.717) is 12.1 Å². The molecule has 0 bridgehead atoms. The van der Waals surface area contributed by atoms with Gasteiger partial charge in [-0.1, -0.05) is 32.9 Å². The van der Waals surface area contributed by atoms with Crippen molar-refractivity contribution >= 4 is 5.91 Å². The van der Waals surface area contributed by atoms with Gasteiger partial charge in [0.15, 0.2) is 0 Å². The van der Waals surface area contributed by atoms with Gasteiger partial charge in [-0.05, 0) is 29.5 Å². The molecular formula is C14H21NO2. The summed E-state index contributed by atoms with van der Waals surface area (Å²) in [6.45, 7) is 8.63. The molecule has 0 aliphatic heterocycles. The summed E-state index contributed by atoms with van der Waals surface area (Å²) < 4.78 is 0. The van der Waals surface area contributed by atoms with Gasteiger partial charge in [-0.25, -0.2) is 0 Å². The number of benzene rings is 1. The molecule has 0 aliphatic carbocycles. The lowest BCUT2D eigenvalue weighted by Crippen LogP contribution is -2.27. The summed E-state index contributed by atoms with van der Waals surface area (Å²) in [7, 11) is 0. The van der Waals surface area contributed by atoms with Gasteiger partial charge in [0.25, 0.3) is 5.91 Å². The Hall–Kier alpha value is -1.35. The third kappa shape index (κ3) is 3.56. The van der Waals surface area contributed by atoms with Crippen LogP contribution in [0.25, 0.3) is 0 Å². The fourth-order valence-electron chi connectivity index (χ4n) is 1.65. The van der Waals surface area contributed by atoms with Crippen LogP contribution in [-0.4, -0.2) is 24.2 Å². The molecule has 94 valence electrons. The maximum absolute atomic E-state index is 11.8. The van der Waals surface area contributed by atoms with Crippen molar-refractivity contribution in [1.29, 1.82) is 0 Å². The number of aliphatic hydroxyl groups excluding tert-OH is 1. The SMILES string of the molecule is Cc1cc(C(C)(C)C)ccc1C(=O)NCCO. The molecule has 2 N–H and O–H groups in total. The molecule has 0 aromatic heterocycles. The van der Waals surface area contributed by atoms with Crippen LogP contribution in [0.4, 0.5) is 0 Å². The highest BCUT2D eigenvalue weighted by atomic mass is 16.3. The second-order valence-electron chi connectivity index (χ2n) is 5.26. The highest BCUT2D eigenvalue weighted by Crippen LogP contribution is 2.24. The highest BCUT2D eigenvalue weighted by molar-refractivity contribution is 5.95. The van der Waals surface area contributed by atoms with Gasteiger partial charge in [-0.15, -0.1) is 0 Å². The molecule has 0 aliphatic rings. The summed E-state index contributed by atoms with van der Waals surface area (Å²) in [5.74, 6) is -0.128. The smallest absolute Gasteiger partial charge is 0.251 e. The summed E-state index contributed by atoms with van der Waals surface area (Å²) in [6, 6.07) is 5.89. The van der Waals surface area contributed by atoms with E-state index in [9.17, 15) is 4.79 Å². The first-order chi connectivity index (χ1) is 7.86. The summed E-state index contributed by atoms with van der Waals surface area (Å²) in [6.07, 6.45) is 0. The van der Waals surface area contributed by atoms with Crippen LogP contribution in [0.2, 0.25) is 0 Å². The van der Waals surface area contributed by atoms with Crippen LogP contribution in [0, 0.1) is 6.92 Å². The van der Waals surface area contributed by atoms with Crippen molar-refractivity contribution in [2.24, 2.45) is 0 Å². The first kappa shape index (κ1) is 13.7.